The van der Waals surface area contributed by atoms with Gasteiger partial charge in [-0.1, -0.05) is 29.5 Å². The van der Waals surface area contributed by atoms with E-state index in [4.69, 9.17) is 12.2 Å². The van der Waals surface area contributed by atoms with Gasteiger partial charge in [0.1, 0.15) is 12.3 Å². The van der Waals surface area contributed by atoms with Crippen molar-refractivity contribution in [1.82, 2.24) is 19.3 Å². The number of fused-ring (bicyclic) bond motifs is 1. The summed E-state index contributed by atoms with van der Waals surface area (Å²) in [5.74, 6) is 0. The third-order valence-electron chi connectivity index (χ3n) is 4.44. The van der Waals surface area contributed by atoms with Crippen molar-refractivity contribution in [3.8, 4) is 10.6 Å². The van der Waals surface area contributed by atoms with E-state index in [9.17, 15) is 4.79 Å². The summed E-state index contributed by atoms with van der Waals surface area (Å²) in [6.45, 7) is 5.10. The molecule has 6 nitrogen and oxygen atoms in total. The normalized spacial score (nSPS) is 11.1. The Kier molecular flexibility index (Phi) is 5.06. The van der Waals surface area contributed by atoms with E-state index in [0.717, 1.165) is 11.4 Å². The summed E-state index contributed by atoms with van der Waals surface area (Å²) >= 11 is 6.80. The fourth-order valence-electron chi connectivity index (χ4n) is 2.99. The van der Waals surface area contributed by atoms with Crippen LogP contribution >= 0.6 is 23.6 Å². The van der Waals surface area contributed by atoms with Crippen LogP contribution in [-0.4, -0.2) is 19.3 Å². The van der Waals surface area contributed by atoms with Gasteiger partial charge in [0.05, 0.1) is 10.9 Å². The number of anilines is 1. The monoisotopic (exact) mass is 409 g/mol. The maximum absolute atomic E-state index is 13.1. The predicted octanol–water partition coefficient (Wildman–Crippen LogP) is 4.45. The number of nitrogens with one attached hydrogen (secondary N) is 1. The zero-order chi connectivity index (χ0) is 19.7. The van der Waals surface area contributed by atoms with Gasteiger partial charge in [-0.2, -0.15) is 5.10 Å². The number of benzene rings is 1. The number of rotatable bonds is 5. The van der Waals surface area contributed by atoms with Crippen LogP contribution < -0.4 is 10.7 Å². The van der Waals surface area contributed by atoms with Gasteiger partial charge >= 0.3 is 0 Å². The van der Waals surface area contributed by atoms with E-state index in [-0.39, 0.29) is 5.43 Å². The highest BCUT2D eigenvalue weighted by Gasteiger charge is 2.15. The van der Waals surface area contributed by atoms with Crippen molar-refractivity contribution in [2.75, 3.05) is 5.32 Å². The summed E-state index contributed by atoms with van der Waals surface area (Å²) in [5.41, 5.74) is 3.05. The van der Waals surface area contributed by atoms with Crippen molar-refractivity contribution in [2.45, 2.75) is 27.1 Å². The largest absolute Gasteiger partial charge is 0.366 e. The molecule has 0 unspecified atom stereocenters. The zero-order valence-electron chi connectivity index (χ0n) is 15.5. The van der Waals surface area contributed by atoms with Crippen LogP contribution in [0.4, 0.5) is 5.69 Å². The smallest absolute Gasteiger partial charge is 0.201 e. The fraction of sp³-hybridized carbons (Fsp3) is 0.200. The first-order chi connectivity index (χ1) is 13.6. The molecule has 0 spiro atoms. The first-order valence-electron chi connectivity index (χ1n) is 8.95. The molecule has 1 aromatic carbocycles. The van der Waals surface area contributed by atoms with Crippen LogP contribution in [0.15, 0.2) is 53.5 Å². The summed E-state index contributed by atoms with van der Waals surface area (Å²) in [6.07, 6.45) is 1.83. The van der Waals surface area contributed by atoms with E-state index in [0.29, 0.717) is 38.8 Å². The van der Waals surface area contributed by atoms with Gasteiger partial charge in [0.2, 0.25) is 5.43 Å². The molecule has 0 atom stereocenters. The molecule has 0 bridgehead atoms. The Labute approximate surface area is 171 Å². The number of hydrogen-bond acceptors (Lipinski definition) is 6. The minimum atomic E-state index is -0.0703. The van der Waals surface area contributed by atoms with Gasteiger partial charge in [0, 0.05) is 24.1 Å². The molecule has 142 valence electrons. The van der Waals surface area contributed by atoms with Crippen LogP contribution in [0.5, 0.6) is 0 Å². The van der Waals surface area contributed by atoms with Crippen LogP contribution in [0.1, 0.15) is 12.6 Å². The van der Waals surface area contributed by atoms with E-state index in [1.54, 1.807) is 4.68 Å². The highest BCUT2D eigenvalue weighted by Crippen LogP contribution is 2.23. The number of aryl methyl sites for hydroxylation is 2. The maximum atomic E-state index is 13.1. The predicted molar refractivity (Wildman–Crippen MR) is 116 cm³/mol. The standard InChI is InChI=1S/C20H19N5OS2/c1-3-24-11-16(17(26)15-10-9-13(2)22-18(15)24)19-23-25(20(27)28-19)12-21-14-7-5-4-6-8-14/h4-11,21H,3,12H2,1-2H3. The van der Waals surface area contributed by atoms with Crippen molar-refractivity contribution in [2.24, 2.45) is 0 Å². The first kappa shape index (κ1) is 18.5. The molecule has 1 N–H and O–H groups in total. The van der Waals surface area contributed by atoms with Crippen LogP contribution in [0.2, 0.25) is 0 Å². The Morgan fingerprint density at radius 1 is 1.18 bits per heavy atom. The highest BCUT2D eigenvalue weighted by atomic mass is 32.1. The first-order valence-corrected chi connectivity index (χ1v) is 10.2. The molecular formula is C20H19N5OS2. The van der Waals surface area contributed by atoms with Gasteiger partial charge < -0.3 is 9.88 Å². The summed E-state index contributed by atoms with van der Waals surface area (Å²) in [4.78, 5) is 17.6. The molecule has 3 aromatic heterocycles. The lowest BCUT2D eigenvalue weighted by Crippen LogP contribution is -2.14. The third-order valence-corrected chi connectivity index (χ3v) is 5.79. The van der Waals surface area contributed by atoms with Gasteiger partial charge in [-0.05, 0) is 50.3 Å². The lowest BCUT2D eigenvalue weighted by molar-refractivity contribution is 0.665. The van der Waals surface area contributed by atoms with Crippen molar-refractivity contribution < 1.29 is 0 Å². The molecule has 0 aliphatic rings. The lowest BCUT2D eigenvalue weighted by atomic mass is 10.2. The molecule has 0 aliphatic carbocycles. The minimum absolute atomic E-state index is 0.0703. The van der Waals surface area contributed by atoms with E-state index in [1.807, 2.05) is 67.1 Å². The summed E-state index contributed by atoms with van der Waals surface area (Å²) in [7, 11) is 0. The van der Waals surface area contributed by atoms with E-state index in [2.05, 4.69) is 15.4 Å². The average Bonchev–Trinajstić information content (AvgIpc) is 3.08. The van der Waals surface area contributed by atoms with Gasteiger partial charge in [-0.25, -0.2) is 9.67 Å². The molecular weight excluding hydrogens is 390 g/mol. The van der Waals surface area contributed by atoms with Crippen LogP contribution in [0, 0.1) is 10.9 Å². The quantitative estimate of drug-likeness (QED) is 0.494. The second-order valence-corrected chi connectivity index (χ2v) is 7.98. The molecule has 0 amide bonds. The number of hydrogen-bond donors (Lipinski definition) is 1. The Morgan fingerprint density at radius 2 is 1.96 bits per heavy atom. The Morgan fingerprint density at radius 3 is 2.71 bits per heavy atom. The molecule has 0 saturated carbocycles. The fourth-order valence-corrected chi connectivity index (χ4v) is 4.10. The van der Waals surface area contributed by atoms with Crippen molar-refractivity contribution >= 4 is 40.3 Å². The molecule has 28 heavy (non-hydrogen) atoms. The van der Waals surface area contributed by atoms with E-state index >= 15 is 0 Å². The number of pyridine rings is 2. The molecule has 3 heterocycles. The lowest BCUT2D eigenvalue weighted by Gasteiger charge is -2.10. The van der Waals surface area contributed by atoms with Crippen LogP contribution in [-0.2, 0) is 13.2 Å². The summed E-state index contributed by atoms with van der Waals surface area (Å²) in [5, 5.41) is 9.09. The SMILES string of the molecule is CCn1cc(-c2nn(CNc3ccccc3)c(=S)s2)c(=O)c2ccc(C)nc21. The molecule has 0 radical (unpaired) electrons. The number of para-hydroxylation sites is 1. The molecule has 0 fully saturated rings. The maximum Gasteiger partial charge on any atom is 0.201 e. The van der Waals surface area contributed by atoms with E-state index in [1.165, 1.54) is 11.3 Å². The zero-order valence-corrected chi connectivity index (χ0v) is 17.2. The van der Waals surface area contributed by atoms with Crippen molar-refractivity contribution in [1.29, 1.82) is 0 Å². The van der Waals surface area contributed by atoms with Crippen molar-refractivity contribution in [3.63, 3.8) is 0 Å². The summed E-state index contributed by atoms with van der Waals surface area (Å²) < 4.78 is 4.30. The Balaban J connectivity index is 1.74. The number of nitrogens with zero attached hydrogens (tertiary/aromatic N) is 4. The van der Waals surface area contributed by atoms with Crippen LogP contribution in [0.25, 0.3) is 21.6 Å². The highest BCUT2D eigenvalue weighted by molar-refractivity contribution is 7.73. The Hall–Kier alpha value is -2.84. The van der Waals surface area contributed by atoms with Gasteiger partial charge in [-0.15, -0.1) is 0 Å². The van der Waals surface area contributed by atoms with Gasteiger partial charge in [0.15, 0.2) is 8.96 Å². The second-order valence-electron chi connectivity index (χ2n) is 6.36. The molecule has 4 rings (SSSR count). The second kappa shape index (κ2) is 7.65. The molecule has 0 aliphatic heterocycles. The minimum Gasteiger partial charge on any atom is -0.366 e. The summed E-state index contributed by atoms with van der Waals surface area (Å²) in [6, 6.07) is 13.6. The molecule has 8 heteroatoms. The van der Waals surface area contributed by atoms with Gasteiger partial charge in [-0.3, -0.25) is 4.79 Å². The van der Waals surface area contributed by atoms with Crippen LogP contribution in [0.3, 0.4) is 0 Å². The third kappa shape index (κ3) is 3.48. The Bertz CT molecular complexity index is 1260. The molecule has 0 saturated heterocycles. The molecule has 4 aromatic rings. The number of aromatic nitrogens is 4. The van der Waals surface area contributed by atoms with Gasteiger partial charge in [0.25, 0.3) is 0 Å². The van der Waals surface area contributed by atoms with E-state index < -0.39 is 0 Å². The topological polar surface area (TPSA) is 64.7 Å². The van der Waals surface area contributed by atoms with Crippen molar-refractivity contribution in [3.05, 3.63) is 68.5 Å². The average molecular weight is 410 g/mol.